The van der Waals surface area contributed by atoms with Crippen LogP contribution >= 0.6 is 0 Å². The Labute approximate surface area is 129 Å². The number of hydrogen-bond acceptors (Lipinski definition) is 5. The van der Waals surface area contributed by atoms with Gasteiger partial charge in [0.15, 0.2) is 5.78 Å². The van der Waals surface area contributed by atoms with Crippen LogP contribution in [0, 0.1) is 0 Å². The van der Waals surface area contributed by atoms with Gasteiger partial charge in [-0.25, -0.2) is 0 Å². The zero-order valence-corrected chi connectivity index (χ0v) is 13.0. The fourth-order valence-electron chi connectivity index (χ4n) is 3.94. The molecule has 1 saturated carbocycles. The molecule has 5 heteroatoms. The number of Topliss-reactive ketones (excluding diaryl/α,β-unsaturated/α-hetero) is 2. The molecule has 22 heavy (non-hydrogen) atoms. The second-order valence-corrected chi connectivity index (χ2v) is 6.53. The summed E-state index contributed by atoms with van der Waals surface area (Å²) in [6.45, 7) is 1.17. The fourth-order valence-corrected chi connectivity index (χ4v) is 3.94. The highest BCUT2D eigenvalue weighted by Crippen LogP contribution is 2.50. The Hall–Kier alpha value is -1.72. The normalized spacial score (nSPS) is 32.7. The lowest BCUT2D eigenvalue weighted by molar-refractivity contribution is -0.159. The van der Waals surface area contributed by atoms with Gasteiger partial charge < -0.3 is 14.7 Å². The molecule has 2 fully saturated rings. The lowest BCUT2D eigenvalue weighted by Gasteiger charge is -2.55. The van der Waals surface area contributed by atoms with Gasteiger partial charge in [0.1, 0.15) is 5.75 Å². The quantitative estimate of drug-likeness (QED) is 0.823. The average Bonchev–Trinajstić information content (AvgIpc) is 2.49. The van der Waals surface area contributed by atoms with Gasteiger partial charge in [-0.05, 0) is 37.7 Å². The van der Waals surface area contributed by atoms with Gasteiger partial charge in [0.2, 0.25) is 5.78 Å². The second-order valence-electron chi connectivity index (χ2n) is 6.53. The summed E-state index contributed by atoms with van der Waals surface area (Å²) in [6, 6.07) is 7.49. The Bertz CT molecular complexity index is 629. The Balaban J connectivity index is 2.12. The number of likely N-dealkylation sites (N-methyl/N-ethyl adjacent to an activating group) is 1. The number of carbonyl (C=O) groups is 2. The number of rotatable bonds is 2. The standard InChI is InChI=1S/C17H21NO4/c1-18-7-6-16(12-4-3-5-13(8-12)22-2)9-14(19)15(20)10-17(16,21)11-18/h3-5,8,21H,6-7,9-11H2,1-2H3/t16-,17-/m1/s1. The summed E-state index contributed by atoms with van der Waals surface area (Å²) < 4.78 is 5.28. The van der Waals surface area contributed by atoms with Crippen LogP contribution in [0.15, 0.2) is 24.3 Å². The molecule has 0 spiro atoms. The number of aliphatic hydroxyl groups is 1. The van der Waals surface area contributed by atoms with E-state index in [1.165, 1.54) is 0 Å². The van der Waals surface area contributed by atoms with Gasteiger partial charge in [-0.3, -0.25) is 9.59 Å². The van der Waals surface area contributed by atoms with E-state index in [2.05, 4.69) is 0 Å². The number of β-amino-alcohol motifs (C(OH)–C–C–N with tert-alkyl or cyclic N) is 1. The number of ketones is 2. The van der Waals surface area contributed by atoms with E-state index in [1.807, 2.05) is 36.2 Å². The second kappa shape index (κ2) is 5.18. The first-order chi connectivity index (χ1) is 10.4. The highest BCUT2D eigenvalue weighted by Gasteiger charge is 2.59. The third-order valence-corrected chi connectivity index (χ3v) is 5.19. The summed E-state index contributed by atoms with van der Waals surface area (Å²) in [5.74, 6) is -0.147. The number of hydrogen-bond donors (Lipinski definition) is 1. The first-order valence-electron chi connectivity index (χ1n) is 7.52. The van der Waals surface area contributed by atoms with E-state index in [1.54, 1.807) is 7.11 Å². The topological polar surface area (TPSA) is 66.8 Å². The van der Waals surface area contributed by atoms with Gasteiger partial charge in [0, 0.05) is 24.8 Å². The lowest BCUT2D eigenvalue weighted by atomic mass is 9.56. The maximum Gasteiger partial charge on any atom is 0.201 e. The molecule has 3 rings (SSSR count). The van der Waals surface area contributed by atoms with Crippen molar-refractivity contribution in [2.24, 2.45) is 0 Å². The van der Waals surface area contributed by atoms with E-state index in [0.29, 0.717) is 18.7 Å². The molecule has 1 aliphatic carbocycles. The molecule has 0 aromatic heterocycles. The molecule has 1 aromatic carbocycles. The van der Waals surface area contributed by atoms with Crippen molar-refractivity contribution in [3.05, 3.63) is 29.8 Å². The van der Waals surface area contributed by atoms with Crippen LogP contribution in [0.1, 0.15) is 24.8 Å². The number of carbonyl (C=O) groups excluding carboxylic acids is 2. The molecule has 2 aliphatic rings. The smallest absolute Gasteiger partial charge is 0.201 e. The minimum Gasteiger partial charge on any atom is -0.497 e. The Morgan fingerprint density at radius 3 is 2.68 bits per heavy atom. The summed E-state index contributed by atoms with van der Waals surface area (Å²) in [4.78, 5) is 26.0. The average molecular weight is 303 g/mol. The molecule has 1 aromatic rings. The summed E-state index contributed by atoms with van der Waals surface area (Å²) in [6.07, 6.45) is 0.614. The predicted octanol–water partition coefficient (Wildman–Crippen LogP) is 0.932. The van der Waals surface area contributed by atoms with E-state index < -0.39 is 16.8 Å². The molecular formula is C17H21NO4. The van der Waals surface area contributed by atoms with Crippen molar-refractivity contribution in [3.8, 4) is 5.75 Å². The number of fused-ring (bicyclic) bond motifs is 1. The van der Waals surface area contributed by atoms with Crippen molar-refractivity contribution in [1.29, 1.82) is 0 Å². The molecule has 5 nitrogen and oxygen atoms in total. The van der Waals surface area contributed by atoms with Gasteiger partial charge >= 0.3 is 0 Å². The zero-order valence-electron chi connectivity index (χ0n) is 13.0. The van der Waals surface area contributed by atoms with E-state index in [4.69, 9.17) is 4.74 Å². The molecule has 0 unspecified atom stereocenters. The van der Waals surface area contributed by atoms with Crippen molar-refractivity contribution >= 4 is 11.6 Å². The molecule has 0 bridgehead atoms. The van der Waals surface area contributed by atoms with Crippen molar-refractivity contribution in [2.45, 2.75) is 30.3 Å². The lowest BCUT2D eigenvalue weighted by Crippen LogP contribution is -2.66. The minimum absolute atomic E-state index is 0.0728. The monoisotopic (exact) mass is 303 g/mol. The molecule has 0 amide bonds. The van der Waals surface area contributed by atoms with Crippen LogP contribution in [-0.4, -0.2) is 54.4 Å². The summed E-state index contributed by atoms with van der Waals surface area (Å²) >= 11 is 0. The van der Waals surface area contributed by atoms with Crippen molar-refractivity contribution in [3.63, 3.8) is 0 Å². The summed E-state index contributed by atoms with van der Waals surface area (Å²) in [7, 11) is 3.52. The van der Waals surface area contributed by atoms with Crippen LogP contribution in [0.5, 0.6) is 5.75 Å². The fraction of sp³-hybridized carbons (Fsp3) is 0.529. The largest absolute Gasteiger partial charge is 0.497 e. The van der Waals surface area contributed by atoms with Gasteiger partial charge in [-0.15, -0.1) is 0 Å². The number of benzene rings is 1. The van der Waals surface area contributed by atoms with E-state index in [0.717, 1.165) is 12.1 Å². The molecule has 1 heterocycles. The Morgan fingerprint density at radius 1 is 1.23 bits per heavy atom. The SMILES string of the molecule is COc1cccc([C@]23CCN(C)C[C@]2(O)CC(=O)C(=O)C3)c1. The first-order valence-corrected chi connectivity index (χ1v) is 7.52. The maximum absolute atomic E-state index is 12.1. The number of nitrogens with zero attached hydrogens (tertiary/aromatic N) is 1. The van der Waals surface area contributed by atoms with Gasteiger partial charge in [-0.1, -0.05) is 12.1 Å². The summed E-state index contributed by atoms with van der Waals surface area (Å²) in [5, 5.41) is 11.3. The van der Waals surface area contributed by atoms with Crippen LogP contribution in [0.2, 0.25) is 0 Å². The highest BCUT2D eigenvalue weighted by molar-refractivity contribution is 6.38. The molecular weight excluding hydrogens is 282 g/mol. The van der Waals surface area contributed by atoms with Crippen molar-refractivity contribution in [2.75, 3.05) is 27.2 Å². The molecule has 118 valence electrons. The van der Waals surface area contributed by atoms with Gasteiger partial charge in [0.25, 0.3) is 0 Å². The number of methoxy groups -OCH3 is 1. The first kappa shape index (κ1) is 15.2. The maximum atomic E-state index is 12.1. The number of ether oxygens (including phenoxy) is 1. The molecule has 2 atom stereocenters. The van der Waals surface area contributed by atoms with Gasteiger partial charge in [-0.2, -0.15) is 0 Å². The third kappa shape index (κ3) is 2.16. The Morgan fingerprint density at radius 2 is 1.95 bits per heavy atom. The van der Waals surface area contributed by atoms with Crippen LogP contribution < -0.4 is 4.74 Å². The van der Waals surface area contributed by atoms with E-state index >= 15 is 0 Å². The number of likely N-dealkylation sites (tertiary alicyclic amines) is 1. The van der Waals surface area contributed by atoms with Crippen LogP contribution in [0.4, 0.5) is 0 Å². The molecule has 1 saturated heterocycles. The Kier molecular flexibility index (Phi) is 3.57. The third-order valence-electron chi connectivity index (χ3n) is 5.19. The molecule has 1 aliphatic heterocycles. The molecule has 0 radical (unpaired) electrons. The zero-order chi connectivity index (χ0) is 16.0. The van der Waals surface area contributed by atoms with Crippen molar-refractivity contribution < 1.29 is 19.4 Å². The van der Waals surface area contributed by atoms with Crippen LogP contribution in [0.3, 0.4) is 0 Å². The minimum atomic E-state index is -1.21. The molecule has 1 N–H and O–H groups in total. The van der Waals surface area contributed by atoms with Gasteiger partial charge in [0.05, 0.1) is 12.7 Å². The van der Waals surface area contributed by atoms with E-state index in [9.17, 15) is 14.7 Å². The predicted molar refractivity (Wildman–Crippen MR) is 81.0 cm³/mol. The van der Waals surface area contributed by atoms with E-state index in [-0.39, 0.29) is 18.6 Å². The summed E-state index contributed by atoms with van der Waals surface area (Å²) in [5.41, 5.74) is -1.04. The van der Waals surface area contributed by atoms with Crippen LogP contribution in [-0.2, 0) is 15.0 Å². The number of piperidine rings is 1. The van der Waals surface area contributed by atoms with Crippen molar-refractivity contribution in [1.82, 2.24) is 4.90 Å². The van der Waals surface area contributed by atoms with Crippen LogP contribution in [0.25, 0.3) is 0 Å². The highest BCUT2D eigenvalue weighted by atomic mass is 16.5.